The van der Waals surface area contributed by atoms with E-state index in [0.29, 0.717) is 24.2 Å². The van der Waals surface area contributed by atoms with Gasteiger partial charge in [-0.15, -0.1) is 10.2 Å². The number of halogens is 5. The van der Waals surface area contributed by atoms with Gasteiger partial charge < -0.3 is 34.3 Å². The second-order valence-corrected chi connectivity index (χ2v) is 9.36. The van der Waals surface area contributed by atoms with Gasteiger partial charge in [0.2, 0.25) is 34.8 Å². The molecule has 5 atom stereocenters. The fourth-order valence-corrected chi connectivity index (χ4v) is 4.03. The van der Waals surface area contributed by atoms with Gasteiger partial charge in [0.25, 0.3) is 0 Å². The van der Waals surface area contributed by atoms with Crippen molar-refractivity contribution in [1.82, 2.24) is 30.4 Å². The molecule has 0 saturated carbocycles. The molecule has 43 heavy (non-hydrogen) atoms. The van der Waals surface area contributed by atoms with Crippen LogP contribution in [-0.4, -0.2) is 102 Å². The van der Waals surface area contributed by atoms with E-state index in [9.17, 15) is 42.1 Å². The molecule has 1 aromatic carbocycles. The van der Waals surface area contributed by atoms with Gasteiger partial charge >= 0.3 is 5.97 Å². The third-order valence-corrected chi connectivity index (χ3v) is 6.36. The number of ether oxygens (including phenoxy) is 4. The first-order valence-corrected chi connectivity index (χ1v) is 12.9. The van der Waals surface area contributed by atoms with Gasteiger partial charge in [-0.3, -0.25) is 9.89 Å². The molecule has 1 saturated heterocycles. The van der Waals surface area contributed by atoms with Crippen LogP contribution in [-0.2, 0) is 38.4 Å². The van der Waals surface area contributed by atoms with E-state index in [-0.39, 0.29) is 32.8 Å². The first-order chi connectivity index (χ1) is 20.6. The number of carbonyl (C=O) groups is 1. The van der Waals surface area contributed by atoms with Crippen LogP contribution in [0.15, 0.2) is 12.4 Å². The summed E-state index contributed by atoms with van der Waals surface area (Å²) in [5.41, 5.74) is 1.20. The van der Waals surface area contributed by atoms with Crippen molar-refractivity contribution in [3.05, 3.63) is 52.9 Å². The molecular weight excluding hydrogens is 595 g/mol. The third kappa shape index (κ3) is 8.06. The van der Waals surface area contributed by atoms with Gasteiger partial charge in [-0.2, -0.15) is 8.78 Å². The standard InChI is InChI=1S/C24H27F5N6O8/c25-15-16(26)18(28)23(19(29)17(15)27)43-14(36)4-6-40-8-5-35-10-12(32-34-35)3-7-41-24-22(39)21(38)20(37)13(42-24)2-1-11-9-30-33-31-11/h9-10,13,20-22,24,37-39H,1-8H2,(H,30,31,33)/t13-,20-,21+,22+,24+/m1/s1. The molecular formula is C24H27F5N6O8. The number of carbonyl (C=O) groups excluding carboxylic acids is 1. The molecule has 1 aliphatic rings. The van der Waals surface area contributed by atoms with Crippen LogP contribution < -0.4 is 4.74 Å². The van der Waals surface area contributed by atoms with Gasteiger partial charge in [0.05, 0.1) is 56.5 Å². The number of aliphatic hydroxyl groups excluding tert-OH is 3. The molecule has 1 fully saturated rings. The first kappa shape index (κ1) is 32.3. The van der Waals surface area contributed by atoms with Gasteiger partial charge in [0.1, 0.15) is 18.3 Å². The van der Waals surface area contributed by atoms with Crippen molar-refractivity contribution in [3.63, 3.8) is 0 Å². The number of aromatic nitrogens is 6. The zero-order valence-corrected chi connectivity index (χ0v) is 22.2. The van der Waals surface area contributed by atoms with Crippen molar-refractivity contribution < 1.29 is 61.0 Å². The van der Waals surface area contributed by atoms with Gasteiger partial charge in [-0.05, 0) is 12.8 Å². The molecule has 0 spiro atoms. The van der Waals surface area contributed by atoms with E-state index in [2.05, 4.69) is 30.5 Å². The SMILES string of the molecule is O=C(CCOCCn1cc(CCO[C@H]2O[C@H](CCc3cnn[nH]3)[C@@H](O)[C@H](O)[C@@H]2O)nn1)Oc1c(F)c(F)c(F)c(F)c1F. The van der Waals surface area contributed by atoms with E-state index in [1.165, 1.54) is 10.9 Å². The average molecular weight is 623 g/mol. The van der Waals surface area contributed by atoms with Crippen molar-refractivity contribution in [3.8, 4) is 5.75 Å². The number of hydrogen-bond acceptors (Lipinski definition) is 12. The Kier molecular flexibility index (Phi) is 11.0. The normalized spacial score (nSPS) is 22.2. The number of nitrogens with zero attached hydrogens (tertiary/aromatic N) is 5. The number of H-pyrrole nitrogens is 1. The largest absolute Gasteiger partial charge is 0.420 e. The molecule has 19 heteroatoms. The number of benzene rings is 1. The minimum absolute atomic E-state index is 0.0213. The van der Waals surface area contributed by atoms with Gasteiger partial charge in [0.15, 0.2) is 6.29 Å². The number of rotatable bonds is 14. The summed E-state index contributed by atoms with van der Waals surface area (Å²) in [6, 6.07) is 0. The maximum atomic E-state index is 13.6. The predicted molar refractivity (Wildman–Crippen MR) is 128 cm³/mol. The highest BCUT2D eigenvalue weighted by atomic mass is 19.2. The molecule has 3 heterocycles. The Balaban J connectivity index is 1.14. The smallest absolute Gasteiger partial charge is 0.313 e. The molecule has 0 unspecified atom stereocenters. The summed E-state index contributed by atoms with van der Waals surface area (Å²) in [6.45, 7) is -0.0498. The minimum atomic E-state index is -2.37. The van der Waals surface area contributed by atoms with Gasteiger partial charge in [0, 0.05) is 12.6 Å². The molecule has 236 valence electrons. The number of aromatic amines is 1. The van der Waals surface area contributed by atoms with E-state index < -0.39 is 77.9 Å². The van der Waals surface area contributed by atoms with Crippen LogP contribution in [0.5, 0.6) is 5.75 Å². The summed E-state index contributed by atoms with van der Waals surface area (Å²) >= 11 is 0. The molecule has 0 radical (unpaired) electrons. The molecule has 0 amide bonds. The Morgan fingerprint density at radius 1 is 0.953 bits per heavy atom. The minimum Gasteiger partial charge on any atom is -0.420 e. The Morgan fingerprint density at radius 3 is 2.37 bits per heavy atom. The summed E-state index contributed by atoms with van der Waals surface area (Å²) < 4.78 is 88.9. The van der Waals surface area contributed by atoms with E-state index >= 15 is 0 Å². The lowest BCUT2D eigenvalue weighted by Crippen LogP contribution is -2.58. The van der Waals surface area contributed by atoms with Crippen molar-refractivity contribution >= 4 is 5.97 Å². The lowest BCUT2D eigenvalue weighted by Gasteiger charge is -2.40. The molecule has 0 aliphatic carbocycles. The molecule has 0 bridgehead atoms. The lowest BCUT2D eigenvalue weighted by atomic mass is 9.95. The molecule has 4 N–H and O–H groups in total. The van der Waals surface area contributed by atoms with Crippen LogP contribution in [0.4, 0.5) is 22.0 Å². The van der Waals surface area contributed by atoms with E-state index in [1.54, 1.807) is 6.20 Å². The summed E-state index contributed by atoms with van der Waals surface area (Å²) in [6.07, 6.45) is -2.78. The maximum Gasteiger partial charge on any atom is 0.313 e. The second-order valence-electron chi connectivity index (χ2n) is 9.36. The quantitative estimate of drug-likeness (QED) is 0.0475. The second kappa shape index (κ2) is 14.7. The van der Waals surface area contributed by atoms with Crippen LogP contribution in [0.1, 0.15) is 24.2 Å². The van der Waals surface area contributed by atoms with Crippen LogP contribution >= 0.6 is 0 Å². The summed E-state index contributed by atoms with van der Waals surface area (Å²) in [5, 5.41) is 48.5. The summed E-state index contributed by atoms with van der Waals surface area (Å²) in [4.78, 5) is 11.8. The molecule has 2 aromatic heterocycles. The van der Waals surface area contributed by atoms with Crippen LogP contribution in [0.25, 0.3) is 0 Å². The summed E-state index contributed by atoms with van der Waals surface area (Å²) in [5.74, 6) is -14.3. The Hall–Kier alpha value is -3.62. The highest BCUT2D eigenvalue weighted by Gasteiger charge is 2.44. The fraction of sp³-hybridized carbons (Fsp3) is 0.542. The Morgan fingerprint density at radius 2 is 1.67 bits per heavy atom. The van der Waals surface area contributed by atoms with Crippen LogP contribution in [0.3, 0.4) is 0 Å². The average Bonchev–Trinajstić information content (AvgIpc) is 3.69. The monoisotopic (exact) mass is 622 g/mol. The van der Waals surface area contributed by atoms with Crippen LogP contribution in [0, 0.1) is 29.1 Å². The highest BCUT2D eigenvalue weighted by Crippen LogP contribution is 2.29. The van der Waals surface area contributed by atoms with Crippen molar-refractivity contribution in [2.24, 2.45) is 0 Å². The van der Waals surface area contributed by atoms with Gasteiger partial charge in [-0.1, -0.05) is 10.4 Å². The Labute approximate surface area is 239 Å². The highest BCUT2D eigenvalue weighted by molar-refractivity contribution is 5.72. The summed E-state index contributed by atoms with van der Waals surface area (Å²) in [7, 11) is 0. The van der Waals surface area contributed by atoms with Crippen molar-refractivity contribution in [2.45, 2.75) is 62.9 Å². The van der Waals surface area contributed by atoms with E-state index in [4.69, 9.17) is 14.2 Å². The molecule has 4 rings (SSSR count). The number of nitrogens with one attached hydrogen (secondary N) is 1. The Bertz CT molecular complexity index is 1340. The lowest BCUT2D eigenvalue weighted by molar-refractivity contribution is -0.297. The third-order valence-electron chi connectivity index (χ3n) is 6.36. The maximum absolute atomic E-state index is 13.6. The predicted octanol–water partition coefficient (Wildman–Crippen LogP) is 0.104. The van der Waals surface area contributed by atoms with Crippen molar-refractivity contribution in [2.75, 3.05) is 19.8 Å². The first-order valence-electron chi connectivity index (χ1n) is 12.9. The number of aryl methyl sites for hydroxylation is 1. The zero-order valence-electron chi connectivity index (χ0n) is 22.2. The molecule has 14 nitrogen and oxygen atoms in total. The number of hydrogen-bond donors (Lipinski definition) is 4. The number of aliphatic hydroxyl groups is 3. The van der Waals surface area contributed by atoms with Crippen molar-refractivity contribution in [1.29, 1.82) is 0 Å². The fourth-order valence-electron chi connectivity index (χ4n) is 4.03. The van der Waals surface area contributed by atoms with E-state index in [1.807, 2.05) is 0 Å². The molecule has 3 aromatic rings. The number of esters is 1. The van der Waals surface area contributed by atoms with Gasteiger partial charge in [-0.25, -0.2) is 17.9 Å². The topological polar surface area (TPSA) is 187 Å². The van der Waals surface area contributed by atoms with E-state index in [0.717, 1.165) is 0 Å². The molecule has 1 aliphatic heterocycles. The zero-order chi connectivity index (χ0) is 31.1. The van der Waals surface area contributed by atoms with Crippen LogP contribution in [0.2, 0.25) is 0 Å².